The summed E-state index contributed by atoms with van der Waals surface area (Å²) in [6.45, 7) is 3.87. The van der Waals surface area contributed by atoms with Gasteiger partial charge in [-0.05, 0) is 61.4 Å². The molecule has 196 valence electrons. The maximum absolute atomic E-state index is 13.6. The Balaban J connectivity index is 1.53. The van der Waals surface area contributed by atoms with E-state index in [4.69, 9.17) is 41.8 Å². The molecule has 8 nitrogen and oxygen atoms in total. The molecule has 0 saturated heterocycles. The number of halogens is 2. The number of fused-ring (bicyclic) bond motifs is 1. The average molecular weight is 547 g/mol. The molecule has 0 aliphatic carbocycles. The molecule has 1 aliphatic rings. The van der Waals surface area contributed by atoms with Crippen molar-refractivity contribution in [1.82, 2.24) is 9.80 Å². The Hall–Kier alpha value is -3.20. The SMILES string of the molecule is CCOCCCN(CC(=O)N(Cc1ccc2c(c1)OCO2)Cc1ccco1)C(=O)c1ccc(Cl)c(Cl)c1. The lowest BCUT2D eigenvalue weighted by Gasteiger charge is -2.27. The van der Waals surface area contributed by atoms with Crippen LogP contribution in [-0.2, 0) is 22.6 Å². The van der Waals surface area contributed by atoms with E-state index in [1.165, 1.54) is 11.0 Å². The number of hydrogen-bond acceptors (Lipinski definition) is 6. The van der Waals surface area contributed by atoms with Crippen molar-refractivity contribution < 1.29 is 28.2 Å². The largest absolute Gasteiger partial charge is 0.467 e. The molecule has 0 spiro atoms. The molecule has 0 bridgehead atoms. The lowest BCUT2D eigenvalue weighted by atomic mass is 10.1. The van der Waals surface area contributed by atoms with E-state index >= 15 is 0 Å². The maximum Gasteiger partial charge on any atom is 0.254 e. The lowest BCUT2D eigenvalue weighted by Crippen LogP contribution is -2.43. The Kier molecular flexibility index (Phi) is 9.33. The van der Waals surface area contributed by atoms with Crippen LogP contribution in [-0.4, -0.2) is 54.7 Å². The van der Waals surface area contributed by atoms with E-state index in [-0.39, 0.29) is 36.7 Å². The fourth-order valence-corrected chi connectivity index (χ4v) is 4.21. The van der Waals surface area contributed by atoms with Crippen molar-refractivity contribution in [3.05, 3.63) is 81.7 Å². The zero-order valence-corrected chi connectivity index (χ0v) is 22.0. The number of hydrogen-bond donors (Lipinski definition) is 0. The van der Waals surface area contributed by atoms with Crippen LogP contribution in [0.1, 0.15) is 35.0 Å². The van der Waals surface area contributed by atoms with Gasteiger partial charge >= 0.3 is 0 Å². The van der Waals surface area contributed by atoms with E-state index in [0.717, 1.165) is 5.56 Å². The van der Waals surface area contributed by atoms with Gasteiger partial charge in [-0.2, -0.15) is 0 Å². The van der Waals surface area contributed by atoms with Crippen molar-refractivity contribution in [3.8, 4) is 11.5 Å². The summed E-state index contributed by atoms with van der Waals surface area (Å²) < 4.78 is 21.8. The van der Waals surface area contributed by atoms with Gasteiger partial charge in [0.15, 0.2) is 11.5 Å². The van der Waals surface area contributed by atoms with Crippen molar-refractivity contribution in [2.45, 2.75) is 26.4 Å². The number of benzene rings is 2. The summed E-state index contributed by atoms with van der Waals surface area (Å²) in [6.07, 6.45) is 2.14. The first-order valence-corrected chi connectivity index (χ1v) is 12.7. The van der Waals surface area contributed by atoms with Gasteiger partial charge in [0.2, 0.25) is 12.7 Å². The summed E-state index contributed by atoms with van der Waals surface area (Å²) in [4.78, 5) is 30.2. The van der Waals surface area contributed by atoms with Crippen LogP contribution in [0.2, 0.25) is 10.0 Å². The Morgan fingerprint density at radius 1 is 0.973 bits per heavy atom. The highest BCUT2D eigenvalue weighted by molar-refractivity contribution is 6.42. The minimum atomic E-state index is -0.315. The molecule has 1 aromatic heterocycles. The molecule has 1 aliphatic heterocycles. The highest BCUT2D eigenvalue weighted by Crippen LogP contribution is 2.33. The number of carbonyl (C=O) groups excluding carboxylic acids is 2. The van der Waals surface area contributed by atoms with Crippen molar-refractivity contribution in [2.24, 2.45) is 0 Å². The highest BCUT2D eigenvalue weighted by atomic mass is 35.5. The van der Waals surface area contributed by atoms with E-state index in [0.29, 0.717) is 60.6 Å². The minimum absolute atomic E-state index is 0.129. The van der Waals surface area contributed by atoms with Gasteiger partial charge in [0.25, 0.3) is 5.91 Å². The van der Waals surface area contributed by atoms with Crippen LogP contribution in [0.4, 0.5) is 0 Å². The third kappa shape index (κ3) is 7.19. The Bertz CT molecular complexity index is 1220. The maximum atomic E-state index is 13.6. The summed E-state index contributed by atoms with van der Waals surface area (Å²) in [5, 5.41) is 0.626. The summed E-state index contributed by atoms with van der Waals surface area (Å²) in [7, 11) is 0. The van der Waals surface area contributed by atoms with Crippen LogP contribution in [0.3, 0.4) is 0 Å². The Morgan fingerprint density at radius 2 is 1.81 bits per heavy atom. The second kappa shape index (κ2) is 12.9. The van der Waals surface area contributed by atoms with Crippen molar-refractivity contribution in [3.63, 3.8) is 0 Å². The molecule has 0 unspecified atom stereocenters. The quantitative estimate of drug-likeness (QED) is 0.282. The Labute approximate surface area is 225 Å². The van der Waals surface area contributed by atoms with Crippen molar-refractivity contribution >= 4 is 35.0 Å². The van der Waals surface area contributed by atoms with Gasteiger partial charge in [-0.15, -0.1) is 0 Å². The van der Waals surface area contributed by atoms with Gasteiger partial charge in [0.05, 0.1) is 22.9 Å². The van der Waals surface area contributed by atoms with Crippen molar-refractivity contribution in [1.29, 1.82) is 0 Å². The van der Waals surface area contributed by atoms with E-state index in [9.17, 15) is 9.59 Å². The zero-order chi connectivity index (χ0) is 26.2. The summed E-state index contributed by atoms with van der Waals surface area (Å²) in [5.41, 5.74) is 1.22. The molecular weight excluding hydrogens is 519 g/mol. The predicted molar refractivity (Wildman–Crippen MR) is 139 cm³/mol. The molecule has 2 amide bonds. The highest BCUT2D eigenvalue weighted by Gasteiger charge is 2.24. The minimum Gasteiger partial charge on any atom is -0.467 e. The molecule has 2 heterocycles. The molecule has 4 rings (SSSR count). The summed E-state index contributed by atoms with van der Waals surface area (Å²) in [5.74, 6) is 1.38. The molecular formula is C27H28Cl2N2O6. The number of amides is 2. The Morgan fingerprint density at radius 3 is 2.57 bits per heavy atom. The fourth-order valence-electron chi connectivity index (χ4n) is 3.91. The van der Waals surface area contributed by atoms with Crippen LogP contribution in [0, 0.1) is 0 Å². The fraction of sp³-hybridized carbons (Fsp3) is 0.333. The van der Waals surface area contributed by atoms with Gasteiger partial charge in [0, 0.05) is 31.9 Å². The standard InChI is InChI=1S/C27H28Cl2N2O6/c1-2-34-11-4-10-30(27(33)20-7-8-22(28)23(29)14-20)17-26(32)31(16-21-5-3-12-35-21)15-19-6-9-24-25(13-19)37-18-36-24/h3,5-9,12-14H,2,4,10-11,15-18H2,1H3. The van der Waals surface area contributed by atoms with Crippen LogP contribution in [0.25, 0.3) is 0 Å². The third-order valence-corrected chi connectivity index (χ3v) is 6.53. The van der Waals surface area contributed by atoms with Gasteiger partial charge < -0.3 is 28.4 Å². The van der Waals surface area contributed by atoms with Gasteiger partial charge in [-0.25, -0.2) is 0 Å². The summed E-state index contributed by atoms with van der Waals surface area (Å²) >= 11 is 12.2. The van der Waals surface area contributed by atoms with E-state index in [1.54, 1.807) is 35.4 Å². The van der Waals surface area contributed by atoms with Crippen LogP contribution < -0.4 is 9.47 Å². The second-order valence-corrected chi connectivity index (χ2v) is 9.24. The molecule has 0 radical (unpaired) electrons. The third-order valence-electron chi connectivity index (χ3n) is 5.79. The van der Waals surface area contributed by atoms with Crippen LogP contribution in [0.15, 0.2) is 59.2 Å². The lowest BCUT2D eigenvalue weighted by molar-refractivity contribution is -0.133. The number of rotatable bonds is 12. The summed E-state index contributed by atoms with van der Waals surface area (Å²) in [6, 6.07) is 13.8. The first-order valence-electron chi connectivity index (χ1n) is 12.0. The number of furan rings is 1. The molecule has 3 aromatic rings. The molecule has 0 saturated carbocycles. The van der Waals surface area contributed by atoms with E-state index < -0.39 is 0 Å². The molecule has 0 fully saturated rings. The van der Waals surface area contributed by atoms with Gasteiger partial charge in [-0.3, -0.25) is 9.59 Å². The number of nitrogens with zero attached hydrogens (tertiary/aromatic N) is 2. The second-order valence-electron chi connectivity index (χ2n) is 8.42. The molecule has 0 atom stereocenters. The van der Waals surface area contributed by atoms with E-state index in [2.05, 4.69) is 0 Å². The normalized spacial score (nSPS) is 12.0. The zero-order valence-electron chi connectivity index (χ0n) is 20.5. The van der Waals surface area contributed by atoms with Gasteiger partial charge in [0.1, 0.15) is 12.3 Å². The number of carbonyl (C=O) groups is 2. The first-order chi connectivity index (χ1) is 17.9. The average Bonchev–Trinajstić information content (AvgIpc) is 3.58. The van der Waals surface area contributed by atoms with Gasteiger partial charge in [-0.1, -0.05) is 29.3 Å². The topological polar surface area (TPSA) is 81.5 Å². The van der Waals surface area contributed by atoms with Crippen LogP contribution >= 0.6 is 23.2 Å². The molecule has 0 N–H and O–H groups in total. The predicted octanol–water partition coefficient (Wildman–Crippen LogP) is 5.41. The number of ether oxygens (including phenoxy) is 3. The first kappa shape index (κ1) is 26.9. The van der Waals surface area contributed by atoms with Crippen LogP contribution in [0.5, 0.6) is 11.5 Å². The molecule has 37 heavy (non-hydrogen) atoms. The molecule has 2 aromatic carbocycles. The van der Waals surface area contributed by atoms with E-state index in [1.807, 2.05) is 25.1 Å². The molecule has 10 heteroatoms. The monoisotopic (exact) mass is 546 g/mol. The van der Waals surface area contributed by atoms with Crippen molar-refractivity contribution in [2.75, 3.05) is 33.1 Å². The smallest absolute Gasteiger partial charge is 0.254 e.